The quantitative estimate of drug-likeness (QED) is 0.379. The summed E-state index contributed by atoms with van der Waals surface area (Å²) in [6.07, 6.45) is 6.53. The van der Waals surface area contributed by atoms with Gasteiger partial charge in [-0.05, 0) is 56.0 Å². The van der Waals surface area contributed by atoms with Crippen LogP contribution in [0.25, 0.3) is 0 Å². The number of hydrogen-bond donors (Lipinski definition) is 0. The number of pyridine rings is 1. The van der Waals surface area contributed by atoms with E-state index in [0.717, 1.165) is 24.8 Å². The molecule has 186 valence electrons. The van der Waals surface area contributed by atoms with Crippen LogP contribution in [0.5, 0.6) is 0 Å². The first-order valence-corrected chi connectivity index (χ1v) is 15.3. The van der Waals surface area contributed by atoms with E-state index >= 15 is 0 Å². The average Bonchev–Trinajstić information content (AvgIpc) is 3.31. The number of Topliss-reactive ketones (excluding diaryl/α,β-unsaturated/α-hetero) is 1. The first kappa shape index (κ1) is 26.7. The zero-order valence-electron chi connectivity index (χ0n) is 20.1. The van der Waals surface area contributed by atoms with Crippen molar-refractivity contribution in [3.63, 3.8) is 0 Å². The minimum absolute atomic E-state index is 0.00584. The summed E-state index contributed by atoms with van der Waals surface area (Å²) >= 11 is 0. The average molecular weight is 508 g/mol. The lowest BCUT2D eigenvalue weighted by Crippen LogP contribution is -2.21. The zero-order valence-corrected chi connectivity index (χ0v) is 21.8. The third-order valence-electron chi connectivity index (χ3n) is 6.17. The van der Waals surface area contributed by atoms with Gasteiger partial charge in [0.25, 0.3) is 0 Å². The SMILES string of the molecule is CCOP(=O)(OCC)c1cccc(CC(=O)[C@H](CC2CCCC2)c2ccc(S(C)(=O)=O)cc2)n1. The molecule has 7 nitrogen and oxygen atoms in total. The fourth-order valence-electron chi connectivity index (χ4n) is 4.51. The van der Waals surface area contributed by atoms with E-state index in [9.17, 15) is 17.8 Å². The lowest BCUT2D eigenvalue weighted by Gasteiger charge is -2.21. The number of carbonyl (C=O) groups is 1. The van der Waals surface area contributed by atoms with Crippen molar-refractivity contribution < 1.29 is 26.8 Å². The number of aromatic nitrogens is 1. The molecule has 2 aromatic rings. The summed E-state index contributed by atoms with van der Waals surface area (Å²) in [5, 5.41) is 0. The van der Waals surface area contributed by atoms with Gasteiger partial charge in [-0.3, -0.25) is 9.36 Å². The molecule has 1 aromatic carbocycles. The highest BCUT2D eigenvalue weighted by atomic mass is 32.2. The molecule has 9 heteroatoms. The predicted molar refractivity (Wildman–Crippen MR) is 132 cm³/mol. The third-order valence-corrected chi connectivity index (χ3v) is 9.30. The molecule has 1 heterocycles. The Labute approximate surface area is 202 Å². The van der Waals surface area contributed by atoms with Crippen LogP contribution in [0, 0.1) is 5.92 Å². The maximum Gasteiger partial charge on any atom is 0.379 e. The summed E-state index contributed by atoms with van der Waals surface area (Å²) < 4.78 is 47.6. The monoisotopic (exact) mass is 507 g/mol. The highest BCUT2D eigenvalue weighted by Gasteiger charge is 2.30. The van der Waals surface area contributed by atoms with Gasteiger partial charge in [-0.2, -0.15) is 0 Å². The van der Waals surface area contributed by atoms with E-state index in [-0.39, 0.29) is 41.7 Å². The van der Waals surface area contributed by atoms with E-state index in [1.807, 2.05) is 0 Å². The molecule has 0 bridgehead atoms. The lowest BCUT2D eigenvalue weighted by molar-refractivity contribution is -0.120. The van der Waals surface area contributed by atoms with E-state index in [1.165, 1.54) is 19.1 Å². The highest BCUT2D eigenvalue weighted by molar-refractivity contribution is 7.90. The summed E-state index contributed by atoms with van der Waals surface area (Å²) in [5.74, 6) is 0.123. The Morgan fingerprint density at radius 2 is 1.68 bits per heavy atom. The molecule has 0 spiro atoms. The van der Waals surface area contributed by atoms with Crippen molar-refractivity contribution >= 4 is 28.7 Å². The van der Waals surface area contributed by atoms with Gasteiger partial charge >= 0.3 is 7.60 Å². The summed E-state index contributed by atoms with van der Waals surface area (Å²) in [5.41, 5.74) is 1.52. The number of carbonyl (C=O) groups excluding carboxylic acids is 1. The van der Waals surface area contributed by atoms with Gasteiger partial charge in [-0.25, -0.2) is 13.4 Å². The van der Waals surface area contributed by atoms with Crippen molar-refractivity contribution in [1.29, 1.82) is 0 Å². The van der Waals surface area contributed by atoms with Crippen LogP contribution in [0.2, 0.25) is 0 Å². The van der Waals surface area contributed by atoms with E-state index in [4.69, 9.17) is 9.05 Å². The summed E-state index contributed by atoms with van der Waals surface area (Å²) in [7, 11) is -6.86. The molecule has 0 unspecified atom stereocenters. The Morgan fingerprint density at radius 1 is 1.06 bits per heavy atom. The molecule has 1 saturated carbocycles. The molecule has 1 aromatic heterocycles. The second kappa shape index (κ2) is 11.7. The summed E-state index contributed by atoms with van der Waals surface area (Å²) in [6, 6.07) is 11.7. The minimum Gasteiger partial charge on any atom is -0.304 e. The van der Waals surface area contributed by atoms with Crippen molar-refractivity contribution in [2.45, 2.75) is 63.2 Å². The van der Waals surface area contributed by atoms with Gasteiger partial charge in [0.1, 0.15) is 5.78 Å². The van der Waals surface area contributed by atoms with Gasteiger partial charge in [0.15, 0.2) is 15.3 Å². The van der Waals surface area contributed by atoms with E-state index in [0.29, 0.717) is 11.6 Å². The van der Waals surface area contributed by atoms with E-state index < -0.39 is 17.4 Å². The lowest BCUT2D eigenvalue weighted by atomic mass is 9.83. The Bertz CT molecular complexity index is 1120. The molecule has 1 fully saturated rings. The normalized spacial score (nSPS) is 16.0. The molecule has 0 amide bonds. The molecule has 1 aliphatic rings. The Hall–Kier alpha value is -1.86. The van der Waals surface area contributed by atoms with Crippen LogP contribution in [0.3, 0.4) is 0 Å². The first-order valence-electron chi connectivity index (χ1n) is 11.8. The number of hydrogen-bond acceptors (Lipinski definition) is 7. The van der Waals surface area contributed by atoms with Crippen LogP contribution < -0.4 is 5.44 Å². The van der Waals surface area contributed by atoms with Gasteiger partial charge in [0.2, 0.25) is 0 Å². The van der Waals surface area contributed by atoms with Crippen LogP contribution in [0.1, 0.15) is 63.1 Å². The Morgan fingerprint density at radius 3 is 2.24 bits per heavy atom. The second-order valence-electron chi connectivity index (χ2n) is 8.74. The molecular formula is C25H34NO6PS. The van der Waals surface area contributed by atoms with Crippen molar-refractivity contribution in [1.82, 2.24) is 4.98 Å². The van der Waals surface area contributed by atoms with Gasteiger partial charge in [-0.1, -0.05) is 43.9 Å². The molecule has 0 radical (unpaired) electrons. The molecule has 0 N–H and O–H groups in total. The second-order valence-corrected chi connectivity index (χ2v) is 12.7. The van der Waals surface area contributed by atoms with Crippen LogP contribution in [-0.2, 0) is 34.7 Å². The Kier molecular flexibility index (Phi) is 9.21. The van der Waals surface area contributed by atoms with Crippen LogP contribution >= 0.6 is 7.60 Å². The minimum atomic E-state index is -3.55. The molecule has 34 heavy (non-hydrogen) atoms. The molecule has 3 rings (SSSR count). The number of benzene rings is 1. The molecule has 0 saturated heterocycles. The fraction of sp³-hybridized carbons (Fsp3) is 0.520. The van der Waals surface area contributed by atoms with E-state index in [2.05, 4.69) is 4.98 Å². The van der Waals surface area contributed by atoms with Crippen molar-refractivity contribution in [3.05, 3.63) is 53.7 Å². The number of rotatable bonds is 12. The van der Waals surface area contributed by atoms with Gasteiger partial charge in [-0.15, -0.1) is 0 Å². The van der Waals surface area contributed by atoms with Gasteiger partial charge < -0.3 is 9.05 Å². The fourth-order valence-corrected chi connectivity index (χ4v) is 6.68. The molecule has 0 aliphatic heterocycles. The number of ketones is 1. The van der Waals surface area contributed by atoms with Crippen molar-refractivity contribution in [2.24, 2.45) is 5.92 Å². The first-order chi connectivity index (χ1) is 16.2. The van der Waals surface area contributed by atoms with Crippen molar-refractivity contribution in [3.8, 4) is 0 Å². The highest BCUT2D eigenvalue weighted by Crippen LogP contribution is 2.46. The van der Waals surface area contributed by atoms with Gasteiger partial charge in [0.05, 0.1) is 18.1 Å². The third kappa shape index (κ3) is 6.85. The molecule has 1 atom stereocenters. The topological polar surface area (TPSA) is 99.6 Å². The van der Waals surface area contributed by atoms with Gasteiger partial charge in [0, 0.05) is 24.3 Å². The molecule has 1 aliphatic carbocycles. The standard InChI is InChI=1S/C25H34NO6PS/c1-4-31-33(28,32-5-2)25-12-8-11-21(26-25)18-24(27)23(17-19-9-6-7-10-19)20-13-15-22(16-14-20)34(3,29)30/h8,11-16,19,23H,4-7,9-10,17-18H2,1-3H3/t23-/m1/s1. The predicted octanol–water partition coefficient (Wildman–Crippen LogP) is 4.85. The molecular weight excluding hydrogens is 473 g/mol. The number of sulfone groups is 1. The summed E-state index contributed by atoms with van der Waals surface area (Å²) in [4.78, 5) is 18.2. The van der Waals surface area contributed by atoms with Crippen LogP contribution in [0.15, 0.2) is 47.4 Å². The maximum absolute atomic E-state index is 13.5. The largest absolute Gasteiger partial charge is 0.379 e. The van der Waals surface area contributed by atoms with Crippen LogP contribution in [-0.4, -0.2) is 38.7 Å². The maximum atomic E-state index is 13.5. The zero-order chi connectivity index (χ0) is 24.8. The van der Waals surface area contributed by atoms with Crippen molar-refractivity contribution in [2.75, 3.05) is 19.5 Å². The summed E-state index contributed by atoms with van der Waals surface area (Å²) in [6.45, 7) is 3.91. The Balaban J connectivity index is 1.86. The number of nitrogens with zero attached hydrogens (tertiary/aromatic N) is 1. The van der Waals surface area contributed by atoms with Crippen LogP contribution in [0.4, 0.5) is 0 Å². The smallest absolute Gasteiger partial charge is 0.304 e. The van der Waals surface area contributed by atoms with E-state index in [1.54, 1.807) is 56.3 Å².